The molecule has 0 bridgehead atoms. The third kappa shape index (κ3) is 3.92. The summed E-state index contributed by atoms with van der Waals surface area (Å²) < 4.78 is 5.43. The van der Waals surface area contributed by atoms with E-state index in [1.165, 1.54) is 6.92 Å². The molecule has 0 aliphatic carbocycles. The second-order valence-electron chi connectivity index (χ2n) is 5.37. The Morgan fingerprint density at radius 2 is 2.00 bits per heavy atom. The van der Waals surface area contributed by atoms with Crippen LogP contribution in [-0.4, -0.2) is 54.1 Å². The van der Waals surface area contributed by atoms with Crippen molar-refractivity contribution in [3.05, 3.63) is 4.91 Å². The summed E-state index contributed by atoms with van der Waals surface area (Å²) in [6, 6.07) is -1.04. The average Bonchev–Trinajstić information content (AvgIpc) is 2.37. The number of hydrogen-bond donors (Lipinski definition) is 2. The number of carbonyl (C=O) groups is 2. The van der Waals surface area contributed by atoms with Gasteiger partial charge in [-0.05, 0) is 6.92 Å². The first-order chi connectivity index (χ1) is 9.26. The summed E-state index contributed by atoms with van der Waals surface area (Å²) in [5.74, 6) is -1.00. The van der Waals surface area contributed by atoms with Crippen LogP contribution in [0.5, 0.6) is 0 Å². The Kier molecular flexibility index (Phi) is 5.52. The van der Waals surface area contributed by atoms with Crippen LogP contribution in [0.15, 0.2) is 5.18 Å². The quantitative estimate of drug-likeness (QED) is 0.338. The smallest absolute Gasteiger partial charge is 0.331 e. The number of hydrogen-bond acceptors (Lipinski definition) is 6. The number of rotatable bonds is 5. The van der Waals surface area contributed by atoms with Gasteiger partial charge >= 0.3 is 5.97 Å². The summed E-state index contributed by atoms with van der Waals surface area (Å²) in [6.45, 7) is 4.33. The molecule has 20 heavy (non-hydrogen) atoms. The lowest BCUT2D eigenvalue weighted by molar-refractivity contribution is -0.778. The third-order valence-electron chi connectivity index (χ3n) is 3.64. The minimum atomic E-state index is -1.15. The molecular formula is C12H22N3O4S+. The average molecular weight is 304 g/mol. The fourth-order valence-corrected chi connectivity index (χ4v) is 2.58. The van der Waals surface area contributed by atoms with Crippen molar-refractivity contribution in [3.63, 3.8) is 0 Å². The lowest BCUT2D eigenvalue weighted by Crippen LogP contribution is -2.61. The van der Waals surface area contributed by atoms with Gasteiger partial charge in [0.05, 0.1) is 39.6 Å². The van der Waals surface area contributed by atoms with E-state index in [-0.39, 0.29) is 12.5 Å². The van der Waals surface area contributed by atoms with Gasteiger partial charge < -0.3 is 10.1 Å². The highest BCUT2D eigenvalue weighted by Crippen LogP contribution is 2.34. The van der Waals surface area contributed by atoms with Gasteiger partial charge in [-0.1, -0.05) is 5.18 Å². The Balaban J connectivity index is 2.99. The first-order valence-corrected chi connectivity index (χ1v) is 7.02. The maximum Gasteiger partial charge on any atom is 0.331 e. The summed E-state index contributed by atoms with van der Waals surface area (Å²) in [5.41, 5.74) is -1.15. The molecule has 0 radical (unpaired) electrons. The minimum Gasteiger partial charge on any atom is -0.464 e. The molecule has 1 rings (SSSR count). The zero-order chi connectivity index (χ0) is 15.4. The van der Waals surface area contributed by atoms with E-state index in [9.17, 15) is 14.5 Å². The number of piperidine rings is 1. The lowest BCUT2D eigenvalue weighted by atomic mass is 9.81. The van der Waals surface area contributed by atoms with Crippen LogP contribution < -0.4 is 5.32 Å². The minimum absolute atomic E-state index is 0.185. The molecule has 1 saturated heterocycles. The number of amides is 1. The van der Waals surface area contributed by atoms with Gasteiger partial charge in [-0.15, -0.1) is 0 Å². The first-order valence-electron chi connectivity index (χ1n) is 6.62. The second-order valence-corrected chi connectivity index (χ2v) is 6.33. The number of esters is 1. The van der Waals surface area contributed by atoms with Gasteiger partial charge in [-0.3, -0.25) is 8.68 Å². The SMILES string of the molecule is CCOC(=O)C(NC(C)=O)C1(N=O)CC[N+](C)(S)CC1. The maximum atomic E-state index is 12.0. The molecule has 1 atom stereocenters. The molecule has 0 spiro atoms. The Labute approximate surface area is 124 Å². The number of nitrogens with one attached hydrogen (secondary N) is 1. The monoisotopic (exact) mass is 304 g/mol. The zero-order valence-electron chi connectivity index (χ0n) is 12.1. The van der Waals surface area contributed by atoms with Crippen molar-refractivity contribution < 1.29 is 18.2 Å². The van der Waals surface area contributed by atoms with E-state index in [1.807, 2.05) is 7.05 Å². The van der Waals surface area contributed by atoms with Crippen LogP contribution in [0.1, 0.15) is 26.7 Å². The van der Waals surface area contributed by atoms with E-state index in [2.05, 4.69) is 23.3 Å². The number of nitrogens with zero attached hydrogens (tertiary/aromatic N) is 2. The van der Waals surface area contributed by atoms with Crippen LogP contribution in [0.3, 0.4) is 0 Å². The van der Waals surface area contributed by atoms with Gasteiger partial charge in [0.25, 0.3) is 0 Å². The van der Waals surface area contributed by atoms with Gasteiger partial charge in [-0.2, -0.15) is 4.91 Å². The van der Waals surface area contributed by atoms with Crippen molar-refractivity contribution in [2.45, 2.75) is 38.3 Å². The number of likely N-dealkylation sites (tertiary alicyclic amines) is 1. The first kappa shape index (κ1) is 16.9. The number of nitroso groups, excluding NO2 is 1. The van der Waals surface area contributed by atoms with E-state index in [4.69, 9.17) is 4.74 Å². The maximum absolute atomic E-state index is 12.0. The molecule has 1 unspecified atom stereocenters. The van der Waals surface area contributed by atoms with Gasteiger partial charge in [0.2, 0.25) is 5.91 Å². The van der Waals surface area contributed by atoms with Crippen molar-refractivity contribution in [3.8, 4) is 0 Å². The standard InChI is InChI=1S/C12H21N3O4S/c1-4-19-11(17)10(13-9(2)16)12(14-18)5-7-15(3,20)8-6-12/h10,20H,4-8H2,1-3H3/p+1. The van der Waals surface area contributed by atoms with Gasteiger partial charge in [-0.25, -0.2) is 4.79 Å². The molecule has 0 aromatic carbocycles. The fraction of sp³-hybridized carbons (Fsp3) is 0.833. The molecule has 7 nitrogen and oxygen atoms in total. The van der Waals surface area contributed by atoms with Crippen LogP contribution in [0.4, 0.5) is 0 Å². The van der Waals surface area contributed by atoms with Crippen LogP contribution >= 0.6 is 12.8 Å². The Morgan fingerprint density at radius 1 is 1.45 bits per heavy atom. The van der Waals surface area contributed by atoms with Crippen LogP contribution in [0.25, 0.3) is 0 Å². The van der Waals surface area contributed by atoms with E-state index in [0.717, 1.165) is 0 Å². The van der Waals surface area contributed by atoms with Crippen molar-refractivity contribution in [2.75, 3.05) is 26.7 Å². The van der Waals surface area contributed by atoms with Crippen LogP contribution in [-0.2, 0) is 14.3 Å². The van der Waals surface area contributed by atoms with Gasteiger partial charge in [0.1, 0.15) is 5.54 Å². The van der Waals surface area contributed by atoms with Crippen molar-refractivity contribution in [1.82, 2.24) is 5.32 Å². The highest BCUT2D eigenvalue weighted by Gasteiger charge is 2.51. The van der Waals surface area contributed by atoms with Gasteiger partial charge in [0, 0.05) is 19.8 Å². The Bertz CT molecular complexity index is 390. The largest absolute Gasteiger partial charge is 0.464 e. The molecule has 8 heteroatoms. The van der Waals surface area contributed by atoms with Crippen molar-refractivity contribution in [1.29, 1.82) is 0 Å². The summed E-state index contributed by atoms with van der Waals surface area (Å²) in [5, 5.41) is 5.71. The topological polar surface area (TPSA) is 84.8 Å². The summed E-state index contributed by atoms with van der Waals surface area (Å²) >= 11 is 4.46. The predicted molar refractivity (Wildman–Crippen MR) is 76.9 cm³/mol. The van der Waals surface area contributed by atoms with E-state index >= 15 is 0 Å². The molecule has 1 N–H and O–H groups in total. The molecule has 1 aliphatic rings. The number of thiol groups is 1. The molecule has 0 aromatic heterocycles. The third-order valence-corrected chi connectivity index (χ3v) is 4.04. The zero-order valence-corrected chi connectivity index (χ0v) is 13.0. The molecule has 1 fully saturated rings. The molecular weight excluding hydrogens is 282 g/mol. The molecule has 1 aliphatic heterocycles. The molecule has 0 aromatic rings. The van der Waals surface area contributed by atoms with Gasteiger partial charge in [0.15, 0.2) is 6.04 Å². The van der Waals surface area contributed by atoms with Crippen molar-refractivity contribution >= 4 is 24.7 Å². The number of quaternary nitrogens is 1. The summed E-state index contributed by atoms with van der Waals surface area (Å²) in [7, 11) is 1.93. The van der Waals surface area contributed by atoms with Crippen LogP contribution in [0.2, 0.25) is 0 Å². The number of carbonyl (C=O) groups excluding carboxylic acids is 2. The Hall–Kier alpha value is -1.15. The fourth-order valence-electron chi connectivity index (χ4n) is 2.38. The van der Waals surface area contributed by atoms with E-state index in [1.54, 1.807) is 6.92 Å². The molecule has 114 valence electrons. The summed E-state index contributed by atoms with van der Waals surface area (Å²) in [4.78, 5) is 34.7. The lowest BCUT2D eigenvalue weighted by Gasteiger charge is -2.41. The summed E-state index contributed by atoms with van der Waals surface area (Å²) in [6.07, 6.45) is 0.751. The number of ether oxygens (including phenoxy) is 1. The predicted octanol–water partition coefficient (Wildman–Crippen LogP) is 0.645. The highest BCUT2D eigenvalue weighted by atomic mass is 32.1. The van der Waals surface area contributed by atoms with E-state index in [0.29, 0.717) is 29.8 Å². The second kappa shape index (κ2) is 6.53. The van der Waals surface area contributed by atoms with Crippen molar-refractivity contribution in [2.24, 2.45) is 5.18 Å². The Morgan fingerprint density at radius 3 is 2.40 bits per heavy atom. The van der Waals surface area contributed by atoms with E-state index < -0.39 is 17.6 Å². The molecule has 1 amide bonds. The highest BCUT2D eigenvalue weighted by molar-refractivity contribution is 7.74. The molecule has 0 saturated carbocycles. The molecule has 1 heterocycles. The normalized spacial score (nSPS) is 31.2. The van der Waals surface area contributed by atoms with Crippen LogP contribution in [0, 0.1) is 4.91 Å².